The van der Waals surface area contributed by atoms with E-state index >= 15 is 0 Å². The van der Waals surface area contributed by atoms with Gasteiger partial charge < -0.3 is 10.1 Å². The second-order valence-electron chi connectivity index (χ2n) is 5.21. The summed E-state index contributed by atoms with van der Waals surface area (Å²) in [7, 11) is -0.780. The molecule has 26 heavy (non-hydrogen) atoms. The Morgan fingerprint density at radius 1 is 1.23 bits per heavy atom. The highest BCUT2D eigenvalue weighted by Gasteiger charge is 2.18. The van der Waals surface area contributed by atoms with Gasteiger partial charge >= 0.3 is 5.97 Å². The highest BCUT2D eigenvalue weighted by atomic mass is 32.2. The van der Waals surface area contributed by atoms with Gasteiger partial charge in [-0.2, -0.15) is 5.26 Å². The molecule has 0 spiro atoms. The Morgan fingerprint density at radius 3 is 2.46 bits per heavy atom. The summed E-state index contributed by atoms with van der Waals surface area (Å²) in [6, 6.07) is 8.69. The molecule has 0 radical (unpaired) electrons. The van der Waals surface area contributed by atoms with Crippen molar-refractivity contribution in [1.82, 2.24) is 4.31 Å². The van der Waals surface area contributed by atoms with Crippen LogP contribution in [0.1, 0.15) is 15.9 Å². The Balaban J connectivity index is 1.96. The number of nitrogens with zero attached hydrogens (tertiary/aromatic N) is 2. The summed E-state index contributed by atoms with van der Waals surface area (Å²) in [6.07, 6.45) is 0. The van der Waals surface area contributed by atoms with E-state index in [1.165, 1.54) is 49.7 Å². The standard InChI is InChI=1S/C16H15N3O5S2/c1-19(2)26(22,23)13-5-3-11(4-6-13)16(21)24-10-14(20)18-15-12(9-17)7-8-25-15/h3-8H,10H2,1-2H3,(H,18,20). The van der Waals surface area contributed by atoms with E-state index in [2.05, 4.69) is 5.32 Å². The number of benzene rings is 1. The zero-order valence-corrected chi connectivity index (χ0v) is 15.6. The van der Waals surface area contributed by atoms with Crippen molar-refractivity contribution in [3.8, 4) is 6.07 Å². The first kappa shape index (κ1) is 19.6. The molecule has 1 aromatic carbocycles. The van der Waals surface area contributed by atoms with E-state index in [9.17, 15) is 18.0 Å². The molecule has 1 N–H and O–H groups in total. The van der Waals surface area contributed by atoms with Crippen molar-refractivity contribution in [2.75, 3.05) is 26.0 Å². The Labute approximate surface area is 154 Å². The fourth-order valence-corrected chi connectivity index (χ4v) is 3.50. The molecule has 0 aliphatic heterocycles. The van der Waals surface area contributed by atoms with Crippen LogP contribution in [0.25, 0.3) is 0 Å². The second kappa shape index (κ2) is 8.09. The third-order valence-corrected chi connectivity index (χ3v) is 5.90. The van der Waals surface area contributed by atoms with Gasteiger partial charge in [-0.25, -0.2) is 17.5 Å². The Bertz CT molecular complexity index is 957. The van der Waals surface area contributed by atoms with E-state index in [0.717, 1.165) is 4.31 Å². The maximum absolute atomic E-state index is 12.0. The van der Waals surface area contributed by atoms with Gasteiger partial charge in [0.25, 0.3) is 5.91 Å². The quantitative estimate of drug-likeness (QED) is 0.746. The molecule has 2 aromatic rings. The van der Waals surface area contributed by atoms with Crippen molar-refractivity contribution < 1.29 is 22.7 Å². The largest absolute Gasteiger partial charge is 0.452 e. The van der Waals surface area contributed by atoms with Gasteiger partial charge in [-0.3, -0.25) is 4.79 Å². The van der Waals surface area contributed by atoms with E-state index in [1.807, 2.05) is 6.07 Å². The van der Waals surface area contributed by atoms with E-state index in [-0.39, 0.29) is 10.5 Å². The average Bonchev–Trinajstić information content (AvgIpc) is 3.06. The second-order valence-corrected chi connectivity index (χ2v) is 8.28. The fourth-order valence-electron chi connectivity index (χ4n) is 1.85. The van der Waals surface area contributed by atoms with Crippen LogP contribution >= 0.6 is 11.3 Å². The number of anilines is 1. The molecule has 0 unspecified atom stereocenters. The van der Waals surface area contributed by atoms with Crippen LogP contribution in [0.15, 0.2) is 40.6 Å². The zero-order chi connectivity index (χ0) is 19.3. The number of sulfonamides is 1. The molecule has 0 atom stereocenters. The lowest BCUT2D eigenvalue weighted by atomic mass is 10.2. The SMILES string of the molecule is CN(C)S(=O)(=O)c1ccc(C(=O)OCC(=O)Nc2sccc2C#N)cc1. The van der Waals surface area contributed by atoms with Crippen molar-refractivity contribution in [2.24, 2.45) is 0 Å². The molecular formula is C16H15N3O5S2. The normalized spacial score (nSPS) is 11.0. The summed E-state index contributed by atoms with van der Waals surface area (Å²) in [5.74, 6) is -1.34. The maximum Gasteiger partial charge on any atom is 0.338 e. The number of amides is 1. The first-order valence-corrected chi connectivity index (χ1v) is 9.55. The third kappa shape index (κ3) is 4.45. The molecule has 0 aliphatic carbocycles. The number of rotatable bonds is 6. The number of hydrogen-bond donors (Lipinski definition) is 1. The predicted molar refractivity (Wildman–Crippen MR) is 95.3 cm³/mol. The summed E-state index contributed by atoms with van der Waals surface area (Å²) in [5, 5.41) is 13.4. The molecular weight excluding hydrogens is 378 g/mol. The molecule has 0 bridgehead atoms. The maximum atomic E-state index is 12.0. The van der Waals surface area contributed by atoms with Crippen molar-refractivity contribution >= 4 is 38.2 Å². The van der Waals surface area contributed by atoms with Crippen LogP contribution in [-0.4, -0.2) is 45.3 Å². The van der Waals surface area contributed by atoms with Crippen LogP contribution in [0, 0.1) is 11.3 Å². The van der Waals surface area contributed by atoms with Crippen LogP contribution < -0.4 is 5.32 Å². The Morgan fingerprint density at radius 2 is 1.88 bits per heavy atom. The highest BCUT2D eigenvalue weighted by molar-refractivity contribution is 7.89. The van der Waals surface area contributed by atoms with E-state index in [4.69, 9.17) is 10.00 Å². The molecule has 1 heterocycles. The number of nitrogens with one attached hydrogen (secondary N) is 1. The van der Waals surface area contributed by atoms with Crippen LogP contribution in [0.3, 0.4) is 0 Å². The van der Waals surface area contributed by atoms with Crippen LogP contribution in [0.2, 0.25) is 0 Å². The van der Waals surface area contributed by atoms with Gasteiger partial charge in [0, 0.05) is 14.1 Å². The lowest BCUT2D eigenvalue weighted by Gasteiger charge is -2.11. The van der Waals surface area contributed by atoms with E-state index in [0.29, 0.717) is 10.6 Å². The number of carbonyl (C=O) groups is 2. The predicted octanol–water partition coefficient (Wildman–Crippen LogP) is 1.67. The van der Waals surface area contributed by atoms with Crippen molar-refractivity contribution in [2.45, 2.75) is 4.90 Å². The van der Waals surface area contributed by atoms with Gasteiger partial charge in [0.05, 0.1) is 16.0 Å². The zero-order valence-electron chi connectivity index (χ0n) is 13.9. The number of ether oxygens (including phenoxy) is 1. The molecule has 0 saturated heterocycles. The summed E-state index contributed by atoms with van der Waals surface area (Å²) in [4.78, 5) is 23.8. The van der Waals surface area contributed by atoms with Gasteiger partial charge in [-0.05, 0) is 35.7 Å². The summed E-state index contributed by atoms with van der Waals surface area (Å²) >= 11 is 1.18. The molecule has 136 valence electrons. The number of carbonyl (C=O) groups excluding carboxylic acids is 2. The van der Waals surface area contributed by atoms with Crippen molar-refractivity contribution in [3.63, 3.8) is 0 Å². The topological polar surface area (TPSA) is 117 Å². The number of hydrogen-bond acceptors (Lipinski definition) is 7. The highest BCUT2D eigenvalue weighted by Crippen LogP contribution is 2.22. The Kier molecular flexibility index (Phi) is 6.10. The smallest absolute Gasteiger partial charge is 0.338 e. The summed E-state index contributed by atoms with van der Waals surface area (Å²) in [5.41, 5.74) is 0.441. The summed E-state index contributed by atoms with van der Waals surface area (Å²) < 4.78 is 29.9. The third-order valence-electron chi connectivity index (χ3n) is 3.24. The minimum Gasteiger partial charge on any atom is -0.452 e. The van der Waals surface area contributed by atoms with Gasteiger partial charge in [0.15, 0.2) is 6.61 Å². The van der Waals surface area contributed by atoms with Crippen LogP contribution in [-0.2, 0) is 19.6 Å². The molecule has 2 rings (SSSR count). The molecule has 10 heteroatoms. The molecule has 8 nitrogen and oxygen atoms in total. The fraction of sp³-hybridized carbons (Fsp3) is 0.188. The first-order chi connectivity index (χ1) is 12.3. The lowest BCUT2D eigenvalue weighted by Crippen LogP contribution is -2.22. The van der Waals surface area contributed by atoms with Gasteiger partial charge in [-0.1, -0.05) is 0 Å². The van der Waals surface area contributed by atoms with Crippen LogP contribution in [0.4, 0.5) is 5.00 Å². The molecule has 1 aromatic heterocycles. The molecule has 0 fully saturated rings. The molecule has 0 saturated carbocycles. The molecule has 1 amide bonds. The van der Waals surface area contributed by atoms with Gasteiger partial charge in [-0.15, -0.1) is 11.3 Å². The van der Waals surface area contributed by atoms with Crippen molar-refractivity contribution in [1.29, 1.82) is 5.26 Å². The number of thiophene rings is 1. The van der Waals surface area contributed by atoms with Crippen LogP contribution in [0.5, 0.6) is 0 Å². The van der Waals surface area contributed by atoms with Crippen molar-refractivity contribution in [3.05, 3.63) is 46.8 Å². The number of nitriles is 1. The average molecular weight is 393 g/mol. The molecule has 0 aliphatic rings. The van der Waals surface area contributed by atoms with Gasteiger partial charge in [0.2, 0.25) is 10.0 Å². The Hall–Kier alpha value is -2.74. The van der Waals surface area contributed by atoms with E-state index in [1.54, 1.807) is 11.4 Å². The summed E-state index contributed by atoms with van der Waals surface area (Å²) in [6.45, 7) is -0.528. The first-order valence-electron chi connectivity index (χ1n) is 7.23. The minimum atomic E-state index is -3.59. The minimum absolute atomic E-state index is 0.0403. The van der Waals surface area contributed by atoms with E-state index < -0.39 is 28.5 Å². The number of esters is 1. The monoisotopic (exact) mass is 393 g/mol. The van der Waals surface area contributed by atoms with Gasteiger partial charge in [0.1, 0.15) is 11.1 Å². The lowest BCUT2D eigenvalue weighted by molar-refractivity contribution is -0.119.